The topological polar surface area (TPSA) is 109 Å². The first kappa shape index (κ1) is 18.5. The van der Waals surface area contributed by atoms with Crippen LogP contribution in [0.3, 0.4) is 0 Å². The molecule has 0 aliphatic heterocycles. The van der Waals surface area contributed by atoms with E-state index in [9.17, 15) is 13.2 Å². The van der Waals surface area contributed by atoms with Gasteiger partial charge in [-0.1, -0.05) is 13.0 Å². The van der Waals surface area contributed by atoms with Crippen LogP contribution in [0.1, 0.15) is 28.6 Å². The van der Waals surface area contributed by atoms with E-state index in [-0.39, 0.29) is 30.4 Å². The summed E-state index contributed by atoms with van der Waals surface area (Å²) in [7, 11) is -3.14. The smallest absolute Gasteiger partial charge is 0.287 e. The van der Waals surface area contributed by atoms with E-state index >= 15 is 0 Å². The second kappa shape index (κ2) is 8.35. The fraction of sp³-hybridized carbons (Fsp3) is 0.294. The lowest BCUT2D eigenvalue weighted by molar-refractivity contribution is 0.0925. The Hall–Kier alpha value is -2.79. The van der Waals surface area contributed by atoms with Crippen molar-refractivity contribution in [1.29, 1.82) is 5.26 Å². The zero-order valence-corrected chi connectivity index (χ0v) is 14.5. The van der Waals surface area contributed by atoms with Gasteiger partial charge in [-0.15, -0.1) is 0 Å². The third-order valence-electron chi connectivity index (χ3n) is 3.45. The highest BCUT2D eigenvalue weighted by Gasteiger charge is 2.17. The van der Waals surface area contributed by atoms with Crippen molar-refractivity contribution in [2.75, 3.05) is 18.1 Å². The molecule has 0 spiro atoms. The molecule has 1 aromatic carbocycles. The molecular formula is C17H18N2O5S. The van der Waals surface area contributed by atoms with Crippen molar-refractivity contribution in [3.8, 4) is 11.8 Å². The fourth-order valence-corrected chi connectivity index (χ4v) is 2.71. The normalized spacial score (nSPS) is 10.9. The van der Waals surface area contributed by atoms with Crippen molar-refractivity contribution < 1.29 is 22.4 Å². The van der Waals surface area contributed by atoms with Crippen LogP contribution in [0.4, 0.5) is 0 Å². The van der Waals surface area contributed by atoms with E-state index in [1.54, 1.807) is 37.3 Å². The summed E-state index contributed by atoms with van der Waals surface area (Å²) in [4.78, 5) is 12.1. The van der Waals surface area contributed by atoms with Crippen LogP contribution in [0.5, 0.6) is 5.75 Å². The number of sulfone groups is 1. The SMILES string of the molecule is CCS(=O)(=O)CCNC(=O)c1occc1COc1cccc(C#N)c1. The molecule has 0 aliphatic carbocycles. The van der Waals surface area contributed by atoms with Crippen LogP contribution in [0.25, 0.3) is 0 Å². The number of hydrogen-bond acceptors (Lipinski definition) is 6. The Labute approximate surface area is 146 Å². The van der Waals surface area contributed by atoms with Crippen LogP contribution < -0.4 is 10.1 Å². The molecule has 1 amide bonds. The minimum Gasteiger partial charge on any atom is -0.489 e. The van der Waals surface area contributed by atoms with Crippen molar-refractivity contribution in [3.05, 3.63) is 53.5 Å². The second-order valence-electron chi connectivity index (χ2n) is 5.20. The number of benzene rings is 1. The predicted molar refractivity (Wildman–Crippen MR) is 90.9 cm³/mol. The highest BCUT2D eigenvalue weighted by atomic mass is 32.2. The van der Waals surface area contributed by atoms with Gasteiger partial charge in [-0.05, 0) is 24.3 Å². The Balaban J connectivity index is 1.95. The summed E-state index contributed by atoms with van der Waals surface area (Å²) in [6.45, 7) is 1.65. The van der Waals surface area contributed by atoms with Crippen molar-refractivity contribution >= 4 is 15.7 Å². The number of ether oxygens (including phenoxy) is 1. The van der Waals surface area contributed by atoms with E-state index in [0.717, 1.165) is 0 Å². The minimum atomic E-state index is -3.14. The first-order valence-corrected chi connectivity index (χ1v) is 9.45. The van der Waals surface area contributed by atoms with E-state index in [0.29, 0.717) is 16.9 Å². The molecule has 0 atom stereocenters. The highest BCUT2D eigenvalue weighted by molar-refractivity contribution is 7.91. The molecule has 2 aromatic rings. The largest absolute Gasteiger partial charge is 0.489 e. The lowest BCUT2D eigenvalue weighted by atomic mass is 10.2. The molecule has 0 saturated heterocycles. The number of amides is 1. The average Bonchev–Trinajstić information content (AvgIpc) is 3.08. The Morgan fingerprint density at radius 1 is 1.36 bits per heavy atom. The monoisotopic (exact) mass is 362 g/mol. The third kappa shape index (κ3) is 5.36. The Kier molecular flexibility index (Phi) is 6.19. The molecule has 0 saturated carbocycles. The van der Waals surface area contributed by atoms with Crippen molar-refractivity contribution in [2.45, 2.75) is 13.5 Å². The van der Waals surface area contributed by atoms with E-state index in [4.69, 9.17) is 14.4 Å². The van der Waals surface area contributed by atoms with Crippen molar-refractivity contribution in [2.24, 2.45) is 0 Å². The summed E-state index contributed by atoms with van der Waals surface area (Å²) < 4.78 is 33.6. The van der Waals surface area contributed by atoms with E-state index in [1.807, 2.05) is 6.07 Å². The lowest BCUT2D eigenvalue weighted by Gasteiger charge is -2.07. The van der Waals surface area contributed by atoms with Gasteiger partial charge < -0.3 is 14.5 Å². The first-order valence-electron chi connectivity index (χ1n) is 7.63. The molecule has 7 nitrogen and oxygen atoms in total. The lowest BCUT2D eigenvalue weighted by Crippen LogP contribution is -2.30. The van der Waals surface area contributed by atoms with Crippen LogP contribution in [-0.2, 0) is 16.4 Å². The van der Waals surface area contributed by atoms with Gasteiger partial charge in [0, 0.05) is 17.9 Å². The molecule has 132 valence electrons. The number of furan rings is 1. The van der Waals surface area contributed by atoms with Crippen molar-refractivity contribution in [1.82, 2.24) is 5.32 Å². The molecule has 2 rings (SSSR count). The maximum absolute atomic E-state index is 12.1. The maximum atomic E-state index is 12.1. The second-order valence-corrected chi connectivity index (χ2v) is 7.67. The van der Waals surface area contributed by atoms with Crippen molar-refractivity contribution in [3.63, 3.8) is 0 Å². The fourth-order valence-electron chi connectivity index (χ4n) is 2.01. The van der Waals surface area contributed by atoms with Gasteiger partial charge in [0.05, 0.1) is 23.6 Å². The number of nitrogens with one attached hydrogen (secondary N) is 1. The van der Waals surface area contributed by atoms with E-state index in [1.165, 1.54) is 6.26 Å². The van der Waals surface area contributed by atoms with Gasteiger partial charge in [-0.2, -0.15) is 5.26 Å². The van der Waals surface area contributed by atoms with Gasteiger partial charge >= 0.3 is 0 Å². The molecule has 1 N–H and O–H groups in total. The van der Waals surface area contributed by atoms with Gasteiger partial charge in [0.2, 0.25) is 0 Å². The Bertz CT molecular complexity index is 880. The standard InChI is InChI=1S/C17H18N2O5S/c1-2-25(21,22)9-7-19-17(20)16-14(6-8-23-16)12-24-15-5-3-4-13(10-15)11-18/h3-6,8,10H,2,7,9,12H2,1H3,(H,19,20). The molecular weight excluding hydrogens is 344 g/mol. The summed E-state index contributed by atoms with van der Waals surface area (Å²) >= 11 is 0. The molecule has 1 heterocycles. The summed E-state index contributed by atoms with van der Waals surface area (Å²) in [6.07, 6.45) is 1.36. The molecule has 8 heteroatoms. The van der Waals surface area contributed by atoms with Crippen LogP contribution in [-0.4, -0.2) is 32.4 Å². The van der Waals surface area contributed by atoms with E-state index < -0.39 is 15.7 Å². The molecule has 0 fully saturated rings. The molecule has 0 radical (unpaired) electrons. The number of rotatable bonds is 8. The Morgan fingerprint density at radius 3 is 2.88 bits per heavy atom. The van der Waals surface area contributed by atoms with Gasteiger partial charge in [0.25, 0.3) is 5.91 Å². The number of nitrogens with zero attached hydrogens (tertiary/aromatic N) is 1. The number of carbonyl (C=O) groups is 1. The predicted octanol–water partition coefficient (Wildman–Crippen LogP) is 1.89. The number of hydrogen-bond donors (Lipinski definition) is 1. The van der Waals surface area contributed by atoms with Crippen LogP contribution in [0.2, 0.25) is 0 Å². The van der Waals surface area contributed by atoms with Crippen LogP contribution in [0, 0.1) is 11.3 Å². The quantitative estimate of drug-likeness (QED) is 0.768. The molecule has 0 unspecified atom stereocenters. The Morgan fingerprint density at radius 2 is 2.16 bits per heavy atom. The van der Waals surface area contributed by atoms with Gasteiger partial charge in [-0.3, -0.25) is 4.79 Å². The van der Waals surface area contributed by atoms with Gasteiger partial charge in [0.15, 0.2) is 15.6 Å². The molecule has 0 aliphatic rings. The summed E-state index contributed by atoms with van der Waals surface area (Å²) in [5, 5.41) is 11.4. The zero-order valence-electron chi connectivity index (χ0n) is 13.7. The minimum absolute atomic E-state index is 0.0141. The summed E-state index contributed by atoms with van der Waals surface area (Å²) in [5.74, 6) is -0.0145. The van der Waals surface area contributed by atoms with Gasteiger partial charge in [0.1, 0.15) is 12.4 Å². The summed E-state index contributed by atoms with van der Waals surface area (Å²) in [6, 6.07) is 10.3. The first-order chi connectivity index (χ1) is 11.9. The number of nitriles is 1. The highest BCUT2D eigenvalue weighted by Crippen LogP contribution is 2.17. The molecule has 0 bridgehead atoms. The zero-order chi connectivity index (χ0) is 18.3. The summed E-state index contributed by atoms with van der Waals surface area (Å²) in [5.41, 5.74) is 0.998. The third-order valence-corrected chi connectivity index (χ3v) is 5.15. The molecule has 1 aromatic heterocycles. The number of carbonyl (C=O) groups excluding carboxylic acids is 1. The van der Waals surface area contributed by atoms with Crippen LogP contribution >= 0.6 is 0 Å². The van der Waals surface area contributed by atoms with Gasteiger partial charge in [-0.25, -0.2) is 8.42 Å². The maximum Gasteiger partial charge on any atom is 0.287 e. The molecule has 25 heavy (non-hydrogen) atoms. The van der Waals surface area contributed by atoms with Crippen LogP contribution in [0.15, 0.2) is 41.0 Å². The average molecular weight is 362 g/mol. The van der Waals surface area contributed by atoms with E-state index in [2.05, 4.69) is 5.32 Å².